The summed E-state index contributed by atoms with van der Waals surface area (Å²) in [5.41, 5.74) is 0.964. The first kappa shape index (κ1) is 17.4. The van der Waals surface area contributed by atoms with E-state index in [0.717, 1.165) is 12.1 Å². The van der Waals surface area contributed by atoms with Crippen molar-refractivity contribution in [1.29, 1.82) is 0 Å². The lowest BCUT2D eigenvalue weighted by Gasteiger charge is -2.19. The van der Waals surface area contributed by atoms with Crippen LogP contribution < -0.4 is 10.6 Å². The monoisotopic (exact) mass is 366 g/mol. The standard InChI is InChI=1S/C16H16F2N4O2S/c1-8-5-12-14(16(24)19-8)15(20-13(23)7-25-2)22(21-12)9-3-4-10(17)11(18)6-9/h3-4,6,8H,5,7H2,1-2H3,(H,19,24)(H,20,23). The fourth-order valence-corrected chi connectivity index (χ4v) is 3.03. The molecule has 25 heavy (non-hydrogen) atoms. The Balaban J connectivity index is 2.13. The van der Waals surface area contributed by atoms with Crippen molar-refractivity contribution in [2.75, 3.05) is 17.3 Å². The third kappa shape index (κ3) is 3.37. The molecule has 3 rings (SSSR count). The molecule has 2 amide bonds. The number of aromatic nitrogens is 2. The molecule has 1 aromatic carbocycles. The number of anilines is 1. The minimum absolute atomic E-state index is 0.108. The Hall–Kier alpha value is -2.42. The predicted octanol–water partition coefficient (Wildman–Crippen LogP) is 2.13. The van der Waals surface area contributed by atoms with Crippen LogP contribution in [0, 0.1) is 11.6 Å². The molecule has 9 heteroatoms. The van der Waals surface area contributed by atoms with Crippen LogP contribution in [0.15, 0.2) is 18.2 Å². The SMILES string of the molecule is CSCC(=O)Nc1c2c(nn1-c1ccc(F)c(F)c1)CC(C)NC2=O. The molecule has 1 aromatic heterocycles. The molecular formula is C16H16F2N4O2S. The number of carbonyl (C=O) groups is 2. The highest BCUT2D eigenvalue weighted by atomic mass is 32.2. The van der Waals surface area contributed by atoms with Crippen molar-refractivity contribution >= 4 is 29.4 Å². The third-order valence-electron chi connectivity index (χ3n) is 3.74. The second kappa shape index (κ2) is 6.83. The van der Waals surface area contributed by atoms with Crippen molar-refractivity contribution in [2.24, 2.45) is 0 Å². The first-order valence-electron chi connectivity index (χ1n) is 7.57. The molecule has 0 saturated heterocycles. The number of hydrogen-bond acceptors (Lipinski definition) is 4. The minimum Gasteiger partial charge on any atom is -0.349 e. The number of thioether (sulfide) groups is 1. The molecular weight excluding hydrogens is 350 g/mol. The van der Waals surface area contributed by atoms with Gasteiger partial charge in [0.1, 0.15) is 11.4 Å². The van der Waals surface area contributed by atoms with Crippen LogP contribution in [-0.2, 0) is 11.2 Å². The third-order valence-corrected chi connectivity index (χ3v) is 4.29. The molecule has 1 atom stereocenters. The van der Waals surface area contributed by atoms with Crippen molar-refractivity contribution in [3.63, 3.8) is 0 Å². The van der Waals surface area contributed by atoms with Gasteiger partial charge in [0, 0.05) is 18.5 Å². The Bertz CT molecular complexity index is 853. The van der Waals surface area contributed by atoms with Gasteiger partial charge in [0.25, 0.3) is 5.91 Å². The predicted molar refractivity (Wildman–Crippen MR) is 91.1 cm³/mol. The van der Waals surface area contributed by atoms with Gasteiger partial charge < -0.3 is 10.6 Å². The summed E-state index contributed by atoms with van der Waals surface area (Å²) in [6, 6.07) is 3.17. The van der Waals surface area contributed by atoms with Crippen LogP contribution in [0.4, 0.5) is 14.6 Å². The van der Waals surface area contributed by atoms with E-state index < -0.39 is 11.6 Å². The van der Waals surface area contributed by atoms with Crippen LogP contribution in [0.2, 0.25) is 0 Å². The van der Waals surface area contributed by atoms with Crippen molar-refractivity contribution in [1.82, 2.24) is 15.1 Å². The van der Waals surface area contributed by atoms with E-state index in [1.54, 1.807) is 6.26 Å². The molecule has 6 nitrogen and oxygen atoms in total. The average molecular weight is 366 g/mol. The van der Waals surface area contributed by atoms with E-state index in [1.165, 1.54) is 22.5 Å². The van der Waals surface area contributed by atoms with E-state index >= 15 is 0 Å². The molecule has 0 spiro atoms. The molecule has 2 N–H and O–H groups in total. The molecule has 1 aliphatic rings. The number of nitrogens with one attached hydrogen (secondary N) is 2. The van der Waals surface area contributed by atoms with Gasteiger partial charge in [0.2, 0.25) is 5.91 Å². The maximum atomic E-state index is 13.6. The summed E-state index contributed by atoms with van der Waals surface area (Å²) in [6.45, 7) is 1.84. The summed E-state index contributed by atoms with van der Waals surface area (Å²) >= 11 is 1.32. The first-order valence-corrected chi connectivity index (χ1v) is 8.97. The largest absolute Gasteiger partial charge is 0.349 e. The van der Waals surface area contributed by atoms with Gasteiger partial charge in [0.15, 0.2) is 11.6 Å². The van der Waals surface area contributed by atoms with Gasteiger partial charge in [-0.05, 0) is 25.3 Å². The lowest BCUT2D eigenvalue weighted by atomic mass is 10.0. The van der Waals surface area contributed by atoms with Crippen LogP contribution in [-0.4, -0.2) is 39.6 Å². The Kier molecular flexibility index (Phi) is 4.76. The molecule has 2 heterocycles. The fourth-order valence-electron chi connectivity index (χ4n) is 2.70. The Labute approximate surface area is 147 Å². The van der Waals surface area contributed by atoms with Crippen LogP contribution in [0.3, 0.4) is 0 Å². The van der Waals surface area contributed by atoms with Gasteiger partial charge in [-0.3, -0.25) is 9.59 Å². The second-order valence-corrected chi connectivity index (χ2v) is 6.61. The second-order valence-electron chi connectivity index (χ2n) is 5.74. The summed E-state index contributed by atoms with van der Waals surface area (Å²) < 4.78 is 28.1. The number of fused-ring (bicyclic) bond motifs is 1. The van der Waals surface area contributed by atoms with Gasteiger partial charge >= 0.3 is 0 Å². The zero-order chi connectivity index (χ0) is 18.1. The van der Waals surface area contributed by atoms with E-state index in [9.17, 15) is 18.4 Å². The fraction of sp³-hybridized carbons (Fsp3) is 0.312. The maximum absolute atomic E-state index is 13.6. The van der Waals surface area contributed by atoms with Crippen LogP contribution in [0.25, 0.3) is 5.69 Å². The quantitative estimate of drug-likeness (QED) is 0.869. The maximum Gasteiger partial charge on any atom is 0.257 e. The Morgan fingerprint density at radius 2 is 2.20 bits per heavy atom. The molecule has 0 aliphatic carbocycles. The molecule has 0 bridgehead atoms. The van der Waals surface area contributed by atoms with E-state index in [0.29, 0.717) is 12.1 Å². The molecule has 1 unspecified atom stereocenters. The summed E-state index contributed by atoms with van der Waals surface area (Å²) in [7, 11) is 0. The van der Waals surface area contributed by atoms with E-state index in [1.807, 2.05) is 6.92 Å². The summed E-state index contributed by atoms with van der Waals surface area (Å²) in [5.74, 6) is -2.35. The number of nitrogens with zero attached hydrogens (tertiary/aromatic N) is 2. The number of rotatable bonds is 4. The Morgan fingerprint density at radius 1 is 1.44 bits per heavy atom. The highest BCUT2D eigenvalue weighted by Crippen LogP contribution is 2.28. The molecule has 132 valence electrons. The van der Waals surface area contributed by atoms with E-state index in [-0.39, 0.29) is 40.7 Å². The number of benzene rings is 1. The van der Waals surface area contributed by atoms with Crippen LogP contribution in [0.5, 0.6) is 0 Å². The van der Waals surface area contributed by atoms with Crippen molar-refractivity contribution in [3.05, 3.63) is 41.1 Å². The molecule has 0 radical (unpaired) electrons. The zero-order valence-corrected chi connectivity index (χ0v) is 14.4. The van der Waals surface area contributed by atoms with E-state index in [4.69, 9.17) is 0 Å². The summed E-state index contributed by atoms with van der Waals surface area (Å²) in [5, 5.41) is 9.80. The zero-order valence-electron chi connectivity index (χ0n) is 13.6. The Morgan fingerprint density at radius 3 is 2.88 bits per heavy atom. The number of amides is 2. The number of hydrogen-bond donors (Lipinski definition) is 2. The molecule has 1 aliphatic heterocycles. The van der Waals surface area contributed by atoms with Gasteiger partial charge in [-0.1, -0.05) is 0 Å². The highest BCUT2D eigenvalue weighted by Gasteiger charge is 2.31. The van der Waals surface area contributed by atoms with E-state index in [2.05, 4.69) is 15.7 Å². The van der Waals surface area contributed by atoms with Crippen molar-refractivity contribution in [3.8, 4) is 5.69 Å². The lowest BCUT2D eigenvalue weighted by molar-refractivity contribution is -0.113. The minimum atomic E-state index is -1.04. The van der Waals surface area contributed by atoms with Crippen LogP contribution >= 0.6 is 11.8 Å². The summed E-state index contributed by atoms with van der Waals surface area (Å²) in [4.78, 5) is 24.4. The highest BCUT2D eigenvalue weighted by molar-refractivity contribution is 7.99. The van der Waals surface area contributed by atoms with Gasteiger partial charge in [0.05, 0.1) is 17.1 Å². The van der Waals surface area contributed by atoms with Crippen molar-refractivity contribution < 1.29 is 18.4 Å². The van der Waals surface area contributed by atoms with Crippen molar-refractivity contribution in [2.45, 2.75) is 19.4 Å². The molecule has 2 aromatic rings. The molecule has 0 saturated carbocycles. The summed E-state index contributed by atoms with van der Waals surface area (Å²) in [6.07, 6.45) is 2.25. The lowest BCUT2D eigenvalue weighted by Crippen LogP contribution is -2.39. The average Bonchev–Trinajstić information content (AvgIpc) is 2.88. The number of carbonyl (C=O) groups excluding carboxylic acids is 2. The normalized spacial score (nSPS) is 16.3. The molecule has 0 fully saturated rings. The number of halogens is 2. The van der Waals surface area contributed by atoms with Gasteiger partial charge in [-0.25, -0.2) is 13.5 Å². The van der Waals surface area contributed by atoms with Gasteiger partial charge in [-0.15, -0.1) is 0 Å². The van der Waals surface area contributed by atoms with Gasteiger partial charge in [-0.2, -0.15) is 16.9 Å². The van der Waals surface area contributed by atoms with Crippen LogP contribution in [0.1, 0.15) is 23.0 Å². The topological polar surface area (TPSA) is 76.0 Å². The smallest absolute Gasteiger partial charge is 0.257 e. The first-order chi connectivity index (χ1) is 11.9.